The Hall–Kier alpha value is -6.18. The van der Waals surface area contributed by atoms with E-state index in [1.165, 1.54) is 0 Å². The van der Waals surface area contributed by atoms with Crippen molar-refractivity contribution in [2.24, 2.45) is 0 Å². The average Bonchev–Trinajstić information content (AvgIpc) is 3.10. The van der Waals surface area contributed by atoms with Gasteiger partial charge in [-0.25, -0.2) is 15.0 Å². The van der Waals surface area contributed by atoms with Crippen LogP contribution < -0.4 is 0 Å². The molecule has 0 aliphatic rings. The minimum atomic E-state index is 0.575. The smallest absolute Gasteiger partial charge is 0.0991 e. The predicted molar refractivity (Wildman–Crippen MR) is 179 cm³/mol. The lowest BCUT2D eigenvalue weighted by Gasteiger charge is -2.15. The zero-order valence-electron chi connectivity index (χ0n) is 23.6. The average molecular weight is 561 g/mol. The molecule has 0 radical (unpaired) electrons. The van der Waals surface area contributed by atoms with Crippen molar-refractivity contribution < 1.29 is 0 Å². The van der Waals surface area contributed by atoms with Crippen molar-refractivity contribution in [3.8, 4) is 51.1 Å². The maximum absolute atomic E-state index is 9.67. The Kier molecular flexibility index (Phi) is 6.14. The molecule has 204 valence electrons. The Labute approximate surface area is 254 Å². The first-order chi connectivity index (χ1) is 21.7. The molecular weight excluding hydrogens is 536 g/mol. The number of fused-ring (bicyclic) bond motifs is 3. The summed E-state index contributed by atoms with van der Waals surface area (Å²) in [4.78, 5) is 15.6. The summed E-state index contributed by atoms with van der Waals surface area (Å²) in [6.07, 6.45) is 0. The van der Waals surface area contributed by atoms with Gasteiger partial charge < -0.3 is 0 Å². The van der Waals surface area contributed by atoms with Crippen LogP contribution >= 0.6 is 0 Å². The van der Waals surface area contributed by atoms with Gasteiger partial charge in [0.15, 0.2) is 0 Å². The monoisotopic (exact) mass is 560 g/mol. The van der Waals surface area contributed by atoms with Crippen molar-refractivity contribution >= 4 is 32.6 Å². The molecular formula is C40H24N4. The Bertz CT molecular complexity index is 2310. The standard InChI is InChI=1S/C40H24N4/c41-25-26-10-7-15-29(22-26)39-40(44-36-21-6-5-20-35(36)43-39)30-23-37(33-18-8-13-27-11-1-3-16-31(27)33)42-38(24-30)34-19-9-14-28-12-2-4-17-32(28)34/h1-24H. The number of pyridine rings is 1. The first-order valence-corrected chi connectivity index (χ1v) is 14.5. The molecule has 2 aromatic heterocycles. The molecule has 4 heteroatoms. The second-order valence-corrected chi connectivity index (χ2v) is 10.8. The SMILES string of the molecule is N#Cc1cccc(-c2nc3ccccc3nc2-c2cc(-c3cccc4ccccc34)nc(-c3cccc4ccccc34)c2)c1. The van der Waals surface area contributed by atoms with Crippen LogP contribution in [-0.2, 0) is 0 Å². The summed E-state index contributed by atoms with van der Waals surface area (Å²) in [5.41, 5.74) is 9.19. The van der Waals surface area contributed by atoms with Gasteiger partial charge in [0, 0.05) is 22.3 Å². The van der Waals surface area contributed by atoms with Crippen LogP contribution in [0, 0.1) is 11.3 Å². The molecule has 4 nitrogen and oxygen atoms in total. The zero-order chi connectivity index (χ0) is 29.5. The van der Waals surface area contributed by atoms with E-state index in [2.05, 4.69) is 103 Å². The molecule has 8 aromatic rings. The van der Waals surface area contributed by atoms with Gasteiger partial charge in [0.25, 0.3) is 0 Å². The molecule has 8 rings (SSSR count). The van der Waals surface area contributed by atoms with Crippen molar-refractivity contribution in [3.05, 3.63) is 151 Å². The first kappa shape index (κ1) is 25.5. The van der Waals surface area contributed by atoms with Gasteiger partial charge in [-0.15, -0.1) is 0 Å². The fourth-order valence-electron chi connectivity index (χ4n) is 5.98. The summed E-state index contributed by atoms with van der Waals surface area (Å²) in [7, 11) is 0. The van der Waals surface area contributed by atoms with Crippen molar-refractivity contribution in [1.82, 2.24) is 15.0 Å². The molecule has 0 saturated heterocycles. The van der Waals surface area contributed by atoms with Crippen LogP contribution in [0.2, 0.25) is 0 Å². The minimum absolute atomic E-state index is 0.575. The number of aromatic nitrogens is 3. The quantitative estimate of drug-likeness (QED) is 0.215. The summed E-state index contributed by atoms with van der Waals surface area (Å²) in [6.45, 7) is 0. The molecule has 0 amide bonds. The molecule has 0 bridgehead atoms. The Morgan fingerprint density at radius 3 is 1.52 bits per heavy atom. The number of nitrogens with zero attached hydrogens (tertiary/aromatic N) is 4. The van der Waals surface area contributed by atoms with Gasteiger partial charge in [0.2, 0.25) is 0 Å². The van der Waals surface area contributed by atoms with Crippen LogP contribution in [0.5, 0.6) is 0 Å². The Morgan fingerprint density at radius 2 is 0.932 bits per heavy atom. The van der Waals surface area contributed by atoms with E-state index in [0.717, 1.165) is 77.6 Å². The van der Waals surface area contributed by atoms with E-state index in [4.69, 9.17) is 15.0 Å². The van der Waals surface area contributed by atoms with E-state index in [0.29, 0.717) is 5.56 Å². The van der Waals surface area contributed by atoms with Crippen LogP contribution in [0.25, 0.3) is 77.6 Å². The lowest BCUT2D eigenvalue weighted by atomic mass is 9.95. The summed E-state index contributed by atoms with van der Waals surface area (Å²) in [5.74, 6) is 0. The third kappa shape index (κ3) is 4.45. The van der Waals surface area contributed by atoms with E-state index in [1.807, 2.05) is 42.5 Å². The van der Waals surface area contributed by atoms with Gasteiger partial charge in [0.05, 0.1) is 45.4 Å². The highest BCUT2D eigenvalue weighted by Gasteiger charge is 2.18. The third-order valence-electron chi connectivity index (χ3n) is 8.07. The molecule has 0 spiro atoms. The number of nitriles is 1. The van der Waals surface area contributed by atoms with Crippen LogP contribution in [0.1, 0.15) is 5.56 Å². The minimum Gasteiger partial charge on any atom is -0.248 e. The zero-order valence-corrected chi connectivity index (χ0v) is 23.6. The van der Waals surface area contributed by atoms with E-state index >= 15 is 0 Å². The normalized spacial score (nSPS) is 11.2. The fraction of sp³-hybridized carbons (Fsp3) is 0. The number of rotatable bonds is 4. The first-order valence-electron chi connectivity index (χ1n) is 14.5. The molecule has 0 fully saturated rings. The van der Waals surface area contributed by atoms with Crippen molar-refractivity contribution in [2.45, 2.75) is 0 Å². The summed E-state index contributed by atoms with van der Waals surface area (Å²) < 4.78 is 0. The molecule has 0 aliphatic carbocycles. The molecule has 0 unspecified atom stereocenters. The second-order valence-electron chi connectivity index (χ2n) is 10.8. The molecule has 0 saturated carbocycles. The van der Waals surface area contributed by atoms with Crippen LogP contribution in [0.3, 0.4) is 0 Å². The lowest BCUT2D eigenvalue weighted by molar-refractivity contribution is 1.27. The van der Waals surface area contributed by atoms with Crippen LogP contribution in [-0.4, -0.2) is 15.0 Å². The highest BCUT2D eigenvalue weighted by Crippen LogP contribution is 2.38. The summed E-state index contributed by atoms with van der Waals surface area (Å²) in [5, 5.41) is 14.3. The van der Waals surface area contributed by atoms with Gasteiger partial charge in [-0.05, 0) is 57.9 Å². The maximum atomic E-state index is 9.67. The maximum Gasteiger partial charge on any atom is 0.0991 e. The van der Waals surface area contributed by atoms with Crippen molar-refractivity contribution in [2.75, 3.05) is 0 Å². The second kappa shape index (κ2) is 10.6. The molecule has 44 heavy (non-hydrogen) atoms. The molecule has 2 heterocycles. The molecule has 6 aromatic carbocycles. The van der Waals surface area contributed by atoms with Crippen LogP contribution in [0.15, 0.2) is 146 Å². The topological polar surface area (TPSA) is 62.5 Å². The third-order valence-corrected chi connectivity index (χ3v) is 8.07. The van der Waals surface area contributed by atoms with Gasteiger partial charge in [-0.3, -0.25) is 0 Å². The number of para-hydroxylation sites is 2. The summed E-state index contributed by atoms with van der Waals surface area (Å²) >= 11 is 0. The van der Waals surface area contributed by atoms with E-state index < -0.39 is 0 Å². The fourth-order valence-corrected chi connectivity index (χ4v) is 5.98. The lowest BCUT2D eigenvalue weighted by Crippen LogP contribution is -1.98. The highest BCUT2D eigenvalue weighted by atomic mass is 14.8. The van der Waals surface area contributed by atoms with Crippen molar-refractivity contribution in [3.63, 3.8) is 0 Å². The molecule has 0 atom stereocenters. The number of benzene rings is 6. The van der Waals surface area contributed by atoms with Gasteiger partial charge in [-0.2, -0.15) is 5.26 Å². The molecule has 0 N–H and O–H groups in total. The predicted octanol–water partition coefficient (Wildman–Crippen LogP) is 9.87. The van der Waals surface area contributed by atoms with Crippen LogP contribution in [0.4, 0.5) is 0 Å². The van der Waals surface area contributed by atoms with E-state index in [9.17, 15) is 5.26 Å². The largest absolute Gasteiger partial charge is 0.248 e. The number of hydrogen-bond acceptors (Lipinski definition) is 4. The van der Waals surface area contributed by atoms with E-state index in [1.54, 1.807) is 6.07 Å². The Balaban J connectivity index is 1.46. The van der Waals surface area contributed by atoms with E-state index in [-0.39, 0.29) is 0 Å². The summed E-state index contributed by atoms with van der Waals surface area (Å²) in [6, 6.07) is 51.4. The van der Waals surface area contributed by atoms with Gasteiger partial charge in [0.1, 0.15) is 0 Å². The Morgan fingerprint density at radius 1 is 0.432 bits per heavy atom. The molecule has 0 aliphatic heterocycles. The van der Waals surface area contributed by atoms with Crippen molar-refractivity contribution in [1.29, 1.82) is 5.26 Å². The van der Waals surface area contributed by atoms with Gasteiger partial charge >= 0.3 is 0 Å². The van der Waals surface area contributed by atoms with Gasteiger partial charge in [-0.1, -0.05) is 109 Å². The number of hydrogen-bond donors (Lipinski definition) is 0. The highest BCUT2D eigenvalue weighted by molar-refractivity contribution is 6.00.